The second-order valence-corrected chi connectivity index (χ2v) is 4.10. The number of nitrogens with zero attached hydrogens (tertiary/aromatic N) is 3. The lowest BCUT2D eigenvalue weighted by Crippen LogP contribution is -2.08. The van der Waals surface area contributed by atoms with Crippen molar-refractivity contribution >= 4 is 27.7 Å². The van der Waals surface area contributed by atoms with Crippen LogP contribution in [0.2, 0.25) is 0 Å². The van der Waals surface area contributed by atoms with E-state index in [0.29, 0.717) is 5.82 Å². The number of nitrogens with two attached hydrogens (primary N) is 1. The summed E-state index contributed by atoms with van der Waals surface area (Å²) in [4.78, 5) is 15.5. The average Bonchev–Trinajstić information content (AvgIpc) is 2.71. The monoisotopic (exact) mass is 296 g/mol. The van der Waals surface area contributed by atoms with Crippen molar-refractivity contribution in [3.05, 3.63) is 34.6 Å². The zero-order valence-corrected chi connectivity index (χ0v) is 10.5. The summed E-state index contributed by atoms with van der Waals surface area (Å²) in [6, 6.07) is 3.54. The van der Waals surface area contributed by atoms with E-state index >= 15 is 0 Å². The van der Waals surface area contributed by atoms with Gasteiger partial charge >= 0.3 is 5.97 Å². The molecule has 88 valence electrons. The van der Waals surface area contributed by atoms with E-state index in [1.54, 1.807) is 18.3 Å². The van der Waals surface area contributed by atoms with E-state index in [2.05, 4.69) is 30.7 Å². The van der Waals surface area contributed by atoms with E-state index in [0.717, 1.165) is 4.47 Å². The molecule has 0 atom stereocenters. The number of ether oxygens (including phenoxy) is 1. The Bertz CT molecular complexity index is 550. The van der Waals surface area contributed by atoms with E-state index < -0.39 is 5.97 Å². The highest BCUT2D eigenvalue weighted by Gasteiger charge is 2.16. The van der Waals surface area contributed by atoms with Crippen LogP contribution < -0.4 is 5.73 Å². The van der Waals surface area contributed by atoms with E-state index in [1.807, 2.05) is 0 Å². The minimum Gasteiger partial charge on any atom is -0.465 e. The number of halogens is 1. The van der Waals surface area contributed by atoms with Crippen LogP contribution in [0.3, 0.4) is 0 Å². The second kappa shape index (κ2) is 4.54. The average molecular weight is 297 g/mol. The highest BCUT2D eigenvalue weighted by Crippen LogP contribution is 2.17. The topological polar surface area (TPSA) is 83.0 Å². The maximum Gasteiger partial charge on any atom is 0.343 e. The van der Waals surface area contributed by atoms with E-state index in [9.17, 15) is 4.79 Å². The maximum absolute atomic E-state index is 11.3. The van der Waals surface area contributed by atoms with Crippen molar-refractivity contribution in [3.63, 3.8) is 0 Å². The summed E-state index contributed by atoms with van der Waals surface area (Å²) in [6.45, 7) is 0. The van der Waals surface area contributed by atoms with Crippen molar-refractivity contribution in [1.29, 1.82) is 0 Å². The summed E-state index contributed by atoms with van der Waals surface area (Å²) in [6.07, 6.45) is 2.97. The van der Waals surface area contributed by atoms with Gasteiger partial charge in [0.1, 0.15) is 11.4 Å². The Hall–Kier alpha value is -1.89. The summed E-state index contributed by atoms with van der Waals surface area (Å²) in [5.41, 5.74) is 6.02. The first-order valence-electron chi connectivity index (χ1n) is 4.67. The molecule has 6 nitrogen and oxygen atoms in total. The van der Waals surface area contributed by atoms with Gasteiger partial charge < -0.3 is 10.5 Å². The molecular formula is C10H9BrN4O2. The lowest BCUT2D eigenvalue weighted by molar-refractivity contribution is 0.0602. The van der Waals surface area contributed by atoms with Crippen LogP contribution in [-0.2, 0) is 4.74 Å². The highest BCUT2D eigenvalue weighted by atomic mass is 79.9. The molecule has 0 fully saturated rings. The molecule has 2 rings (SSSR count). The van der Waals surface area contributed by atoms with Crippen molar-refractivity contribution in [2.45, 2.75) is 0 Å². The molecule has 0 amide bonds. The lowest BCUT2D eigenvalue weighted by Gasteiger charge is -2.03. The predicted molar refractivity (Wildman–Crippen MR) is 64.8 cm³/mol. The first-order chi connectivity index (χ1) is 8.13. The lowest BCUT2D eigenvalue weighted by atomic mass is 10.3. The Morgan fingerprint density at radius 2 is 2.24 bits per heavy atom. The van der Waals surface area contributed by atoms with Crippen LogP contribution in [0.5, 0.6) is 0 Å². The molecule has 0 aromatic carbocycles. The molecule has 0 spiro atoms. The smallest absolute Gasteiger partial charge is 0.343 e. The van der Waals surface area contributed by atoms with Gasteiger partial charge in [-0.25, -0.2) is 9.78 Å². The molecular weight excluding hydrogens is 288 g/mol. The first kappa shape index (κ1) is 11.6. The molecule has 7 heteroatoms. The van der Waals surface area contributed by atoms with Gasteiger partial charge in [-0.05, 0) is 28.1 Å². The Kier molecular flexibility index (Phi) is 3.10. The number of rotatable bonds is 2. The zero-order valence-electron chi connectivity index (χ0n) is 8.92. The summed E-state index contributed by atoms with van der Waals surface area (Å²) >= 11 is 3.28. The molecule has 0 aliphatic heterocycles. The molecule has 0 aliphatic rings. The van der Waals surface area contributed by atoms with Crippen LogP contribution in [0.25, 0.3) is 5.82 Å². The molecule has 2 N–H and O–H groups in total. The van der Waals surface area contributed by atoms with Crippen molar-refractivity contribution in [2.24, 2.45) is 0 Å². The van der Waals surface area contributed by atoms with Crippen LogP contribution in [0.4, 0.5) is 5.82 Å². The number of hydrogen-bond donors (Lipinski definition) is 1. The number of carbonyl (C=O) groups excluding carboxylic acids is 1. The highest BCUT2D eigenvalue weighted by molar-refractivity contribution is 9.10. The molecule has 0 aliphatic carbocycles. The number of carbonyl (C=O) groups is 1. The van der Waals surface area contributed by atoms with Crippen LogP contribution in [0.15, 0.2) is 29.0 Å². The third kappa shape index (κ3) is 2.14. The Labute approximate surface area is 106 Å². The van der Waals surface area contributed by atoms with Gasteiger partial charge in [0.25, 0.3) is 0 Å². The minimum absolute atomic E-state index is 0.201. The standard InChI is InChI=1S/C10H9BrN4O2/c1-17-10(16)7-5-14-15(9(7)12)8-3-2-6(11)4-13-8/h2-5H,12H2,1H3. The van der Waals surface area contributed by atoms with Gasteiger partial charge in [-0.1, -0.05) is 0 Å². The number of hydrogen-bond acceptors (Lipinski definition) is 5. The number of nitrogen functional groups attached to an aromatic ring is 1. The molecule has 0 radical (unpaired) electrons. The van der Waals surface area contributed by atoms with Crippen molar-refractivity contribution < 1.29 is 9.53 Å². The van der Waals surface area contributed by atoms with Gasteiger partial charge in [-0.2, -0.15) is 9.78 Å². The Balaban J connectivity index is 2.44. The van der Waals surface area contributed by atoms with Crippen LogP contribution >= 0.6 is 15.9 Å². The van der Waals surface area contributed by atoms with E-state index in [4.69, 9.17) is 5.73 Å². The molecule has 0 saturated carbocycles. The number of methoxy groups -OCH3 is 1. The minimum atomic E-state index is -0.522. The van der Waals surface area contributed by atoms with Gasteiger partial charge in [0.2, 0.25) is 0 Å². The van der Waals surface area contributed by atoms with Gasteiger partial charge in [0.05, 0.1) is 13.3 Å². The molecule has 17 heavy (non-hydrogen) atoms. The van der Waals surface area contributed by atoms with E-state index in [-0.39, 0.29) is 11.4 Å². The van der Waals surface area contributed by atoms with Crippen LogP contribution in [0, 0.1) is 0 Å². The molecule has 0 bridgehead atoms. The second-order valence-electron chi connectivity index (χ2n) is 3.18. The summed E-state index contributed by atoms with van der Waals surface area (Å²) in [5.74, 6) is 0.207. The zero-order chi connectivity index (χ0) is 12.4. The fraction of sp³-hybridized carbons (Fsp3) is 0.100. The van der Waals surface area contributed by atoms with Crippen molar-refractivity contribution in [1.82, 2.24) is 14.8 Å². The third-order valence-corrected chi connectivity index (χ3v) is 2.61. The van der Waals surface area contributed by atoms with Crippen LogP contribution in [-0.4, -0.2) is 27.8 Å². The van der Waals surface area contributed by atoms with Gasteiger partial charge in [-0.15, -0.1) is 0 Å². The predicted octanol–water partition coefficient (Wildman–Crippen LogP) is 1.40. The Morgan fingerprint density at radius 1 is 1.47 bits per heavy atom. The molecule has 0 unspecified atom stereocenters. The normalized spacial score (nSPS) is 10.2. The van der Waals surface area contributed by atoms with Gasteiger partial charge in [0.15, 0.2) is 5.82 Å². The Morgan fingerprint density at radius 3 is 2.82 bits per heavy atom. The fourth-order valence-electron chi connectivity index (χ4n) is 1.30. The largest absolute Gasteiger partial charge is 0.465 e. The van der Waals surface area contributed by atoms with E-state index in [1.165, 1.54) is 18.0 Å². The van der Waals surface area contributed by atoms with Crippen LogP contribution in [0.1, 0.15) is 10.4 Å². The first-order valence-corrected chi connectivity index (χ1v) is 5.46. The van der Waals surface area contributed by atoms with Crippen molar-refractivity contribution in [3.8, 4) is 5.82 Å². The number of anilines is 1. The molecule has 2 aromatic rings. The SMILES string of the molecule is COC(=O)c1cnn(-c2ccc(Br)cn2)c1N. The summed E-state index contributed by atoms with van der Waals surface area (Å²) in [5, 5.41) is 4.00. The van der Waals surface area contributed by atoms with Crippen molar-refractivity contribution in [2.75, 3.05) is 12.8 Å². The molecule has 2 heterocycles. The molecule has 2 aromatic heterocycles. The summed E-state index contributed by atoms with van der Waals surface area (Å²) < 4.78 is 6.81. The number of pyridine rings is 1. The van der Waals surface area contributed by atoms with Gasteiger partial charge in [0, 0.05) is 10.7 Å². The van der Waals surface area contributed by atoms with Gasteiger partial charge in [-0.3, -0.25) is 0 Å². The third-order valence-electron chi connectivity index (χ3n) is 2.14. The maximum atomic E-state index is 11.3. The quantitative estimate of drug-likeness (QED) is 0.847. The molecule has 0 saturated heterocycles. The number of esters is 1. The summed E-state index contributed by atoms with van der Waals surface area (Å²) in [7, 11) is 1.29. The number of aromatic nitrogens is 3. The fourth-order valence-corrected chi connectivity index (χ4v) is 1.54.